The van der Waals surface area contributed by atoms with E-state index in [1.807, 2.05) is 0 Å². The molecule has 0 bridgehead atoms. The number of carbonyl (C=O) groups is 4. The maximum absolute atomic E-state index is 12.7. The molecule has 1 atom stereocenters. The molecule has 0 heterocycles. The van der Waals surface area contributed by atoms with Gasteiger partial charge < -0.3 is 24.3 Å². The number of ketones is 1. The second-order valence-electron chi connectivity index (χ2n) is 10.6. The molecule has 12 heteroatoms. The van der Waals surface area contributed by atoms with E-state index in [4.69, 9.17) is 24.4 Å². The van der Waals surface area contributed by atoms with Crippen molar-refractivity contribution in [2.24, 2.45) is 0 Å². The van der Waals surface area contributed by atoms with Crippen LogP contribution in [0.2, 0.25) is 18.1 Å². The number of amidine groups is 1. The summed E-state index contributed by atoms with van der Waals surface area (Å²) in [5, 5.41) is 21.8. The predicted molar refractivity (Wildman–Crippen MR) is 152 cm³/mol. The minimum Gasteiger partial charge on any atom is -0.482 e. The van der Waals surface area contributed by atoms with Crippen molar-refractivity contribution in [2.45, 2.75) is 51.9 Å². The summed E-state index contributed by atoms with van der Waals surface area (Å²) >= 11 is 0. The first-order chi connectivity index (χ1) is 18.6. The highest BCUT2D eigenvalue weighted by Crippen LogP contribution is 2.36. The van der Waals surface area contributed by atoms with Crippen molar-refractivity contribution in [3.05, 3.63) is 65.2 Å². The molecule has 2 aromatic rings. The molecule has 0 saturated heterocycles. The van der Waals surface area contributed by atoms with E-state index in [2.05, 4.69) is 44.5 Å². The fourth-order valence-corrected chi connectivity index (χ4v) is 4.13. The molecule has 40 heavy (non-hydrogen) atoms. The maximum atomic E-state index is 12.7. The molecule has 0 saturated carbocycles. The van der Waals surface area contributed by atoms with Crippen LogP contribution in [0.15, 0.2) is 48.5 Å². The van der Waals surface area contributed by atoms with E-state index in [1.165, 1.54) is 48.5 Å². The van der Waals surface area contributed by atoms with Crippen molar-refractivity contribution < 1.29 is 38.2 Å². The number of benzene rings is 2. The van der Waals surface area contributed by atoms with Crippen LogP contribution in [0.4, 0.5) is 4.79 Å². The number of carbonyl (C=O) groups excluding carboxylic acids is 3. The lowest BCUT2D eigenvalue weighted by Gasteiger charge is -2.36. The molecule has 0 aliphatic heterocycles. The van der Waals surface area contributed by atoms with Crippen molar-refractivity contribution in [2.75, 3.05) is 19.8 Å². The number of hydrogen-bond donors (Lipinski definition) is 4. The summed E-state index contributed by atoms with van der Waals surface area (Å²) in [7, 11) is -1.95. The summed E-state index contributed by atoms with van der Waals surface area (Å²) in [5.74, 6) is -1.83. The number of amides is 2. The van der Waals surface area contributed by atoms with Crippen LogP contribution in [-0.4, -0.2) is 68.9 Å². The van der Waals surface area contributed by atoms with Crippen LogP contribution in [0, 0.1) is 5.41 Å². The minimum absolute atomic E-state index is 0.0435. The molecule has 0 fully saturated rings. The zero-order valence-electron chi connectivity index (χ0n) is 23.6. The van der Waals surface area contributed by atoms with Gasteiger partial charge in [0.25, 0.3) is 5.91 Å². The van der Waals surface area contributed by atoms with Crippen LogP contribution < -0.4 is 15.4 Å². The van der Waals surface area contributed by atoms with Crippen molar-refractivity contribution >= 4 is 37.9 Å². The second-order valence-corrected chi connectivity index (χ2v) is 15.4. The van der Waals surface area contributed by atoms with Gasteiger partial charge in [-0.25, -0.2) is 9.59 Å². The predicted octanol–water partition coefficient (Wildman–Crippen LogP) is 4.22. The maximum Gasteiger partial charge on any atom is 0.412 e. The first-order valence-corrected chi connectivity index (χ1v) is 15.6. The van der Waals surface area contributed by atoms with Gasteiger partial charge in [-0.2, -0.15) is 0 Å². The molecule has 0 radical (unpaired) electrons. The third-order valence-corrected chi connectivity index (χ3v) is 11.0. The Bertz CT molecular complexity index is 1220. The fraction of sp³-hybridized carbons (Fsp3) is 0.393. The van der Waals surface area contributed by atoms with Crippen LogP contribution in [0.5, 0.6) is 5.75 Å². The van der Waals surface area contributed by atoms with E-state index < -0.39 is 38.9 Å². The van der Waals surface area contributed by atoms with Gasteiger partial charge in [-0.05, 0) is 61.5 Å². The van der Waals surface area contributed by atoms with Gasteiger partial charge in [0, 0.05) is 16.7 Å². The highest BCUT2D eigenvalue weighted by Gasteiger charge is 2.37. The SMILES string of the molecule is C[C@H](NC(=O)c1ccc(C(=N)NC(=O)OCCO[Si](C)(C)C(C)(C)C)cc1)C(=O)c1ccc(OCC(=O)O)cc1. The van der Waals surface area contributed by atoms with Gasteiger partial charge in [-0.15, -0.1) is 0 Å². The molecular formula is C28H37N3O8Si. The van der Waals surface area contributed by atoms with Gasteiger partial charge in [0.15, 0.2) is 20.7 Å². The van der Waals surface area contributed by atoms with Crippen LogP contribution in [0.1, 0.15) is 54.0 Å². The van der Waals surface area contributed by atoms with E-state index in [0.717, 1.165) is 0 Å². The Hall–Kier alpha value is -4.03. The summed E-state index contributed by atoms with van der Waals surface area (Å²) in [6, 6.07) is 11.0. The average Bonchev–Trinajstić information content (AvgIpc) is 2.89. The molecule has 4 N–H and O–H groups in total. The van der Waals surface area contributed by atoms with Gasteiger partial charge in [0.05, 0.1) is 12.6 Å². The van der Waals surface area contributed by atoms with Gasteiger partial charge in [-0.1, -0.05) is 32.9 Å². The Balaban J connectivity index is 1.84. The Morgan fingerprint density at radius 1 is 0.925 bits per heavy atom. The third-order valence-electron chi connectivity index (χ3n) is 6.49. The van der Waals surface area contributed by atoms with E-state index in [0.29, 0.717) is 16.9 Å². The normalized spacial score (nSPS) is 12.2. The number of alkyl carbamates (subject to hydrolysis) is 1. The first-order valence-electron chi connectivity index (χ1n) is 12.7. The molecule has 2 aromatic carbocycles. The van der Waals surface area contributed by atoms with Gasteiger partial charge in [-0.3, -0.25) is 20.3 Å². The molecule has 0 spiro atoms. The lowest BCUT2D eigenvalue weighted by atomic mass is 10.0. The van der Waals surface area contributed by atoms with E-state index in [-0.39, 0.29) is 35.4 Å². The lowest BCUT2D eigenvalue weighted by Crippen LogP contribution is -2.42. The summed E-state index contributed by atoms with van der Waals surface area (Å²) in [6.07, 6.45) is -0.778. The summed E-state index contributed by atoms with van der Waals surface area (Å²) in [5.41, 5.74) is 0.947. The summed E-state index contributed by atoms with van der Waals surface area (Å²) in [4.78, 5) is 48.0. The molecule has 0 aliphatic carbocycles. The molecule has 2 rings (SSSR count). The molecule has 0 aromatic heterocycles. The van der Waals surface area contributed by atoms with Crippen molar-refractivity contribution in [1.29, 1.82) is 5.41 Å². The quantitative estimate of drug-likeness (QED) is 0.0967. The monoisotopic (exact) mass is 571 g/mol. The Kier molecular flexibility index (Phi) is 11.1. The molecule has 2 amide bonds. The van der Waals surface area contributed by atoms with Crippen LogP contribution in [-0.2, 0) is 14.0 Å². The Morgan fingerprint density at radius 2 is 1.48 bits per heavy atom. The average molecular weight is 572 g/mol. The molecule has 11 nitrogen and oxygen atoms in total. The summed E-state index contributed by atoms with van der Waals surface area (Å²) in [6.45, 7) is 11.9. The van der Waals surface area contributed by atoms with Crippen molar-refractivity contribution in [3.8, 4) is 5.75 Å². The zero-order chi connectivity index (χ0) is 30.1. The topological polar surface area (TPSA) is 164 Å². The standard InChI is InChI=1S/C28H37N3O8Si/c1-18(24(34)19-11-13-22(14-12-19)38-17-23(32)33)30-26(35)21-9-7-20(8-10-21)25(29)31-27(36)37-15-16-39-40(5,6)28(2,3)4/h7-14,18H,15-17H2,1-6H3,(H,30,35)(H,32,33)(H2,29,31,36)/t18-/m0/s1. The molecule has 0 aliphatic rings. The molecular weight excluding hydrogens is 534 g/mol. The van der Waals surface area contributed by atoms with Crippen molar-refractivity contribution in [3.63, 3.8) is 0 Å². The largest absolute Gasteiger partial charge is 0.482 e. The number of aliphatic carboxylic acids is 1. The fourth-order valence-electron chi connectivity index (χ4n) is 3.10. The van der Waals surface area contributed by atoms with Gasteiger partial charge in [0.2, 0.25) is 0 Å². The van der Waals surface area contributed by atoms with E-state index in [9.17, 15) is 19.2 Å². The van der Waals surface area contributed by atoms with Crippen LogP contribution in [0.25, 0.3) is 0 Å². The third kappa shape index (κ3) is 9.61. The molecule has 216 valence electrons. The number of ether oxygens (including phenoxy) is 2. The second kappa shape index (κ2) is 13.9. The zero-order valence-corrected chi connectivity index (χ0v) is 24.6. The highest BCUT2D eigenvalue weighted by atomic mass is 28.4. The van der Waals surface area contributed by atoms with Gasteiger partial charge in [0.1, 0.15) is 18.2 Å². The lowest BCUT2D eigenvalue weighted by molar-refractivity contribution is -0.139. The highest BCUT2D eigenvalue weighted by molar-refractivity contribution is 6.74. The van der Waals surface area contributed by atoms with Gasteiger partial charge >= 0.3 is 12.1 Å². The van der Waals surface area contributed by atoms with E-state index in [1.54, 1.807) is 6.92 Å². The number of Topliss-reactive ketones (excluding diaryl/α,β-unsaturated/α-hetero) is 1. The number of hydrogen-bond acceptors (Lipinski definition) is 8. The number of rotatable bonds is 12. The number of carboxylic acid groups (broad SMARTS) is 1. The number of carboxylic acids is 1. The number of nitrogens with one attached hydrogen (secondary N) is 3. The summed E-state index contributed by atoms with van der Waals surface area (Å²) < 4.78 is 16.1. The minimum atomic E-state index is -1.95. The Morgan fingerprint density at radius 3 is 2.02 bits per heavy atom. The van der Waals surface area contributed by atoms with Crippen LogP contribution in [0.3, 0.4) is 0 Å². The Labute approximate surface area is 234 Å². The smallest absolute Gasteiger partial charge is 0.412 e. The first kappa shape index (κ1) is 32.2. The molecule has 0 unspecified atom stereocenters. The van der Waals surface area contributed by atoms with E-state index >= 15 is 0 Å². The van der Waals surface area contributed by atoms with Crippen molar-refractivity contribution in [1.82, 2.24) is 10.6 Å². The van der Waals surface area contributed by atoms with Crippen LogP contribution >= 0.6 is 0 Å².